The molecule has 0 amide bonds. The van der Waals surface area contributed by atoms with E-state index in [0.717, 1.165) is 20.0 Å². The number of anilines is 1. The lowest BCUT2D eigenvalue weighted by Gasteiger charge is -2.17. The van der Waals surface area contributed by atoms with E-state index in [1.165, 1.54) is 6.07 Å². The van der Waals surface area contributed by atoms with Crippen LogP contribution < -0.4 is 11.1 Å². The van der Waals surface area contributed by atoms with E-state index in [2.05, 4.69) is 26.3 Å². The summed E-state index contributed by atoms with van der Waals surface area (Å²) in [6, 6.07) is 10.8. The zero-order chi connectivity index (χ0) is 17.1. The highest BCUT2D eigenvalue weighted by Gasteiger charge is 2.16. The van der Waals surface area contributed by atoms with Gasteiger partial charge in [-0.1, -0.05) is 18.2 Å². The first-order chi connectivity index (χ1) is 11.6. The van der Waals surface area contributed by atoms with E-state index < -0.39 is 0 Å². The lowest BCUT2D eigenvalue weighted by molar-refractivity contribution is 0.596. The van der Waals surface area contributed by atoms with Crippen molar-refractivity contribution < 1.29 is 4.39 Å². The van der Waals surface area contributed by atoms with Crippen molar-refractivity contribution in [2.24, 2.45) is 12.8 Å². The van der Waals surface area contributed by atoms with Crippen LogP contribution in [0.1, 0.15) is 5.56 Å². The van der Waals surface area contributed by atoms with Crippen LogP contribution in [0.3, 0.4) is 0 Å². The Labute approximate surface area is 152 Å². The topological polar surface area (TPSA) is 55.9 Å². The number of nitrogens with zero attached hydrogens (tertiary/aromatic N) is 2. The fraction of sp³-hybridized carbons (Fsp3) is 0.235. The largest absolute Gasteiger partial charge is 0.373 e. The van der Waals surface area contributed by atoms with Gasteiger partial charge in [0.2, 0.25) is 0 Å². The van der Waals surface area contributed by atoms with Crippen LogP contribution in [-0.4, -0.2) is 22.4 Å². The van der Waals surface area contributed by atoms with Crippen LogP contribution in [0, 0.1) is 5.82 Å². The number of nitrogens with two attached hydrogens (primary N) is 1. The molecular formula is C17H18BrFN4S. The van der Waals surface area contributed by atoms with Crippen LogP contribution in [0.15, 0.2) is 47.1 Å². The van der Waals surface area contributed by atoms with Crippen molar-refractivity contribution in [1.82, 2.24) is 9.78 Å². The van der Waals surface area contributed by atoms with Gasteiger partial charge in [-0.3, -0.25) is 4.68 Å². The quantitative estimate of drug-likeness (QED) is 0.647. The van der Waals surface area contributed by atoms with Gasteiger partial charge in [-0.2, -0.15) is 5.10 Å². The van der Waals surface area contributed by atoms with Crippen molar-refractivity contribution in [3.63, 3.8) is 0 Å². The summed E-state index contributed by atoms with van der Waals surface area (Å²) in [5.74, 6) is -0.194. The maximum Gasteiger partial charge on any atom is 0.126 e. The minimum Gasteiger partial charge on any atom is -0.373 e. The number of halogens is 2. The molecule has 0 spiro atoms. The van der Waals surface area contributed by atoms with Crippen molar-refractivity contribution in [3.8, 4) is 10.6 Å². The molecule has 0 saturated heterocycles. The molecule has 0 aliphatic rings. The number of hydrogen-bond acceptors (Lipinski definition) is 4. The summed E-state index contributed by atoms with van der Waals surface area (Å²) in [5, 5.41) is 8.61. The Morgan fingerprint density at radius 2 is 2.17 bits per heavy atom. The number of thiophene rings is 1. The molecule has 2 heterocycles. The third-order valence-corrected chi connectivity index (χ3v) is 5.77. The molecule has 3 aromatic rings. The zero-order valence-electron chi connectivity index (χ0n) is 13.2. The molecule has 126 valence electrons. The minimum absolute atomic E-state index is 0.0353. The minimum atomic E-state index is -0.194. The summed E-state index contributed by atoms with van der Waals surface area (Å²) in [6.07, 6.45) is 2.31. The zero-order valence-corrected chi connectivity index (χ0v) is 15.6. The highest BCUT2D eigenvalue weighted by molar-refractivity contribution is 9.10. The molecule has 4 nitrogen and oxygen atoms in total. The molecule has 3 N–H and O–H groups in total. The second-order valence-electron chi connectivity index (χ2n) is 5.50. The van der Waals surface area contributed by atoms with Crippen LogP contribution in [0.2, 0.25) is 0 Å². The number of aromatic nitrogens is 2. The summed E-state index contributed by atoms with van der Waals surface area (Å²) in [4.78, 5) is 1.10. The van der Waals surface area contributed by atoms with Gasteiger partial charge in [0.1, 0.15) is 5.82 Å². The van der Waals surface area contributed by atoms with E-state index in [9.17, 15) is 4.39 Å². The van der Waals surface area contributed by atoms with E-state index in [-0.39, 0.29) is 11.9 Å². The van der Waals surface area contributed by atoms with Crippen molar-refractivity contribution in [1.29, 1.82) is 0 Å². The SMILES string of the molecule is Cn1nccc1-c1sc(N[C@H](CN)Cc2ccccc2F)cc1Br. The van der Waals surface area contributed by atoms with E-state index in [1.807, 2.05) is 29.9 Å². The first-order valence-corrected chi connectivity index (χ1v) is 9.17. The Balaban J connectivity index is 1.77. The van der Waals surface area contributed by atoms with Crippen molar-refractivity contribution in [2.45, 2.75) is 12.5 Å². The van der Waals surface area contributed by atoms with Gasteiger partial charge in [0.15, 0.2) is 0 Å². The highest BCUT2D eigenvalue weighted by atomic mass is 79.9. The molecular weight excluding hydrogens is 391 g/mol. The van der Waals surface area contributed by atoms with E-state index in [1.54, 1.807) is 29.7 Å². The fourth-order valence-corrected chi connectivity index (χ4v) is 4.44. The van der Waals surface area contributed by atoms with Gasteiger partial charge < -0.3 is 11.1 Å². The highest BCUT2D eigenvalue weighted by Crippen LogP contribution is 2.39. The molecule has 0 unspecified atom stereocenters. The Kier molecular flexibility index (Phi) is 5.33. The first kappa shape index (κ1) is 17.1. The van der Waals surface area contributed by atoms with Gasteiger partial charge in [0.25, 0.3) is 0 Å². The van der Waals surface area contributed by atoms with E-state index in [0.29, 0.717) is 18.5 Å². The van der Waals surface area contributed by atoms with Crippen molar-refractivity contribution >= 4 is 32.3 Å². The van der Waals surface area contributed by atoms with Gasteiger partial charge in [-0.25, -0.2) is 4.39 Å². The predicted molar refractivity (Wildman–Crippen MR) is 101 cm³/mol. The lowest BCUT2D eigenvalue weighted by Crippen LogP contribution is -2.31. The molecule has 0 fully saturated rings. The summed E-state index contributed by atoms with van der Waals surface area (Å²) in [5.41, 5.74) is 7.59. The third kappa shape index (κ3) is 3.68. The third-order valence-electron chi connectivity index (χ3n) is 3.80. The van der Waals surface area contributed by atoms with Crippen molar-refractivity contribution in [2.75, 3.05) is 11.9 Å². The standard InChI is InChI=1S/C17H18BrFN4S/c1-23-15(6-7-21-23)17-13(18)9-16(24-17)22-12(10-20)8-11-4-2-3-5-14(11)19/h2-7,9,12,22H,8,10,20H2,1H3/t12-/m0/s1. The number of aryl methyl sites for hydroxylation is 1. The summed E-state index contributed by atoms with van der Waals surface area (Å²) in [6.45, 7) is 0.422. The van der Waals surface area contributed by atoms with Gasteiger partial charge in [0, 0.05) is 30.3 Å². The van der Waals surface area contributed by atoms with E-state index in [4.69, 9.17) is 5.73 Å². The van der Waals surface area contributed by atoms with Crippen molar-refractivity contribution in [3.05, 3.63) is 58.4 Å². The smallest absolute Gasteiger partial charge is 0.126 e. The van der Waals surface area contributed by atoms with E-state index >= 15 is 0 Å². The molecule has 7 heteroatoms. The fourth-order valence-electron chi connectivity index (χ4n) is 2.54. The Morgan fingerprint density at radius 1 is 1.38 bits per heavy atom. The molecule has 24 heavy (non-hydrogen) atoms. The molecule has 0 radical (unpaired) electrons. The first-order valence-electron chi connectivity index (χ1n) is 7.56. The molecule has 1 atom stereocenters. The van der Waals surface area contributed by atoms with Gasteiger partial charge >= 0.3 is 0 Å². The van der Waals surface area contributed by atoms with Crippen LogP contribution >= 0.6 is 27.3 Å². The van der Waals surface area contributed by atoms with Gasteiger partial charge in [-0.15, -0.1) is 11.3 Å². The second-order valence-corrected chi connectivity index (χ2v) is 7.41. The second kappa shape index (κ2) is 7.46. The molecule has 0 bridgehead atoms. The van der Waals surface area contributed by atoms with Gasteiger partial charge in [-0.05, 0) is 46.1 Å². The molecule has 2 aromatic heterocycles. The molecule has 3 rings (SSSR count). The van der Waals surface area contributed by atoms with Crippen LogP contribution in [0.4, 0.5) is 9.39 Å². The number of nitrogens with one attached hydrogen (secondary N) is 1. The molecule has 1 aromatic carbocycles. The summed E-state index contributed by atoms with van der Waals surface area (Å²) < 4.78 is 16.7. The number of benzene rings is 1. The number of hydrogen-bond donors (Lipinski definition) is 2. The maximum absolute atomic E-state index is 13.8. The summed E-state index contributed by atoms with van der Waals surface area (Å²) >= 11 is 5.22. The van der Waals surface area contributed by atoms with Crippen LogP contribution in [0.5, 0.6) is 0 Å². The Hall–Kier alpha value is -1.70. The monoisotopic (exact) mass is 408 g/mol. The maximum atomic E-state index is 13.8. The predicted octanol–water partition coefficient (Wildman–Crippen LogP) is 4.03. The number of rotatable bonds is 6. The Bertz CT molecular complexity index is 830. The van der Waals surface area contributed by atoms with Gasteiger partial charge in [0.05, 0.1) is 15.6 Å². The normalized spacial score (nSPS) is 12.3. The van der Waals surface area contributed by atoms with Crippen LogP contribution in [-0.2, 0) is 13.5 Å². The van der Waals surface area contributed by atoms with Crippen LogP contribution in [0.25, 0.3) is 10.6 Å². The average molecular weight is 409 g/mol. The lowest BCUT2D eigenvalue weighted by atomic mass is 10.1. The Morgan fingerprint density at radius 3 is 2.83 bits per heavy atom. The average Bonchev–Trinajstić information content (AvgIpc) is 3.14. The molecule has 0 saturated carbocycles. The summed E-state index contributed by atoms with van der Waals surface area (Å²) in [7, 11) is 1.91. The molecule has 0 aliphatic heterocycles. The molecule has 0 aliphatic carbocycles.